The monoisotopic (exact) mass is 451 g/mol. The molecule has 1 atom stereocenters. The van der Waals surface area contributed by atoms with E-state index in [9.17, 15) is 14.4 Å². The number of aromatic nitrogens is 2. The van der Waals surface area contributed by atoms with Crippen molar-refractivity contribution < 1.29 is 19.1 Å². The molecule has 0 bridgehead atoms. The fourth-order valence-corrected chi connectivity index (χ4v) is 3.68. The summed E-state index contributed by atoms with van der Waals surface area (Å²) < 4.78 is 14.0. The lowest BCUT2D eigenvalue weighted by molar-refractivity contribution is -0.132. The van der Waals surface area contributed by atoms with Crippen LogP contribution in [0.4, 0.5) is 4.79 Å². The Kier molecular flexibility index (Phi) is 7.37. The summed E-state index contributed by atoms with van der Waals surface area (Å²) in [6, 6.07) is 18.3. The fraction of sp³-hybridized carbons (Fsp3) is 0.320. The summed E-state index contributed by atoms with van der Waals surface area (Å²) in [5.74, 6) is 0. The van der Waals surface area contributed by atoms with Gasteiger partial charge in [0.05, 0.1) is 11.3 Å². The topological polar surface area (TPSA) is 91.6 Å². The number of alkyl carbamates (subject to hydrolysis) is 1. The highest BCUT2D eigenvalue weighted by molar-refractivity contribution is 5.67. The van der Waals surface area contributed by atoms with Crippen LogP contribution in [-0.4, -0.2) is 34.1 Å². The van der Waals surface area contributed by atoms with Gasteiger partial charge in [0, 0.05) is 25.7 Å². The summed E-state index contributed by atoms with van der Waals surface area (Å²) in [5, 5.41) is 2.73. The van der Waals surface area contributed by atoms with Crippen molar-refractivity contribution in [3.05, 3.63) is 87.8 Å². The zero-order chi connectivity index (χ0) is 24.0. The highest BCUT2D eigenvalue weighted by atomic mass is 16.6. The van der Waals surface area contributed by atoms with Crippen LogP contribution in [0, 0.1) is 0 Å². The van der Waals surface area contributed by atoms with Crippen LogP contribution in [0.5, 0.6) is 0 Å². The van der Waals surface area contributed by atoms with E-state index in [1.165, 1.54) is 4.68 Å². The first kappa shape index (κ1) is 23.8. The first-order chi connectivity index (χ1) is 15.7. The SMILES string of the molecule is Cn1c(CCNC(=O)OC(C)(C)C)c(C(OC=O)c2ccccc2)c(=O)n1-c1ccccc1. The predicted octanol–water partition coefficient (Wildman–Crippen LogP) is 3.51. The van der Waals surface area contributed by atoms with Crippen LogP contribution < -0.4 is 10.9 Å². The Balaban J connectivity index is 2.04. The minimum atomic E-state index is -0.885. The van der Waals surface area contributed by atoms with E-state index in [4.69, 9.17) is 9.47 Å². The molecule has 0 aliphatic heterocycles. The van der Waals surface area contributed by atoms with Gasteiger partial charge in [0.2, 0.25) is 0 Å². The number of amides is 1. The third-order valence-electron chi connectivity index (χ3n) is 5.01. The average molecular weight is 452 g/mol. The van der Waals surface area contributed by atoms with Crippen molar-refractivity contribution in [1.29, 1.82) is 0 Å². The summed E-state index contributed by atoms with van der Waals surface area (Å²) in [6.45, 7) is 5.94. The van der Waals surface area contributed by atoms with Gasteiger partial charge in [0.1, 0.15) is 5.60 Å². The Morgan fingerprint density at radius 1 is 1.06 bits per heavy atom. The molecule has 1 unspecified atom stereocenters. The first-order valence-electron chi connectivity index (χ1n) is 10.7. The maximum absolute atomic E-state index is 13.6. The largest absolute Gasteiger partial charge is 0.454 e. The maximum atomic E-state index is 13.6. The van der Waals surface area contributed by atoms with Crippen molar-refractivity contribution >= 4 is 12.6 Å². The van der Waals surface area contributed by atoms with E-state index in [0.29, 0.717) is 35.4 Å². The van der Waals surface area contributed by atoms with E-state index in [2.05, 4.69) is 5.32 Å². The number of nitrogens with one attached hydrogen (secondary N) is 1. The highest BCUT2D eigenvalue weighted by Crippen LogP contribution is 2.27. The number of nitrogens with zero attached hydrogens (tertiary/aromatic N) is 2. The van der Waals surface area contributed by atoms with Crippen molar-refractivity contribution in [3.63, 3.8) is 0 Å². The number of benzene rings is 2. The number of carbonyl (C=O) groups excluding carboxylic acids is 2. The van der Waals surface area contributed by atoms with E-state index < -0.39 is 17.8 Å². The average Bonchev–Trinajstić information content (AvgIpc) is 3.01. The summed E-state index contributed by atoms with van der Waals surface area (Å²) >= 11 is 0. The number of carbonyl (C=O) groups is 2. The van der Waals surface area contributed by atoms with Gasteiger partial charge in [-0.05, 0) is 38.5 Å². The highest BCUT2D eigenvalue weighted by Gasteiger charge is 2.28. The molecule has 0 fully saturated rings. The third kappa shape index (κ3) is 5.71. The van der Waals surface area contributed by atoms with Crippen molar-refractivity contribution in [2.24, 2.45) is 7.05 Å². The third-order valence-corrected chi connectivity index (χ3v) is 5.01. The second-order valence-electron chi connectivity index (χ2n) is 8.54. The number of rotatable bonds is 8. The van der Waals surface area contributed by atoms with Crippen molar-refractivity contribution in [2.75, 3.05) is 6.54 Å². The second kappa shape index (κ2) is 10.2. The van der Waals surface area contributed by atoms with E-state index in [-0.39, 0.29) is 12.1 Å². The van der Waals surface area contributed by atoms with Crippen LogP contribution in [-0.2, 0) is 27.7 Å². The minimum absolute atomic E-state index is 0.233. The van der Waals surface area contributed by atoms with Crippen molar-refractivity contribution in [2.45, 2.75) is 38.9 Å². The zero-order valence-corrected chi connectivity index (χ0v) is 19.3. The van der Waals surface area contributed by atoms with E-state index in [1.54, 1.807) is 44.6 Å². The number of ether oxygens (including phenoxy) is 2. The molecule has 8 heteroatoms. The van der Waals surface area contributed by atoms with Gasteiger partial charge in [0.15, 0.2) is 6.10 Å². The molecule has 3 aromatic rings. The normalized spacial score (nSPS) is 12.1. The molecule has 0 aliphatic carbocycles. The predicted molar refractivity (Wildman–Crippen MR) is 124 cm³/mol. The van der Waals surface area contributed by atoms with Crippen LogP contribution in [0.3, 0.4) is 0 Å². The molecule has 33 heavy (non-hydrogen) atoms. The molecule has 3 rings (SSSR count). The van der Waals surface area contributed by atoms with Gasteiger partial charge in [0.25, 0.3) is 12.0 Å². The standard InChI is InChI=1S/C25H29N3O5/c1-25(2,3)33-24(31)26-16-15-20-21(22(32-17-29)18-11-7-5-8-12-18)23(30)28(27(20)4)19-13-9-6-10-14-19/h5-14,17,22H,15-16H2,1-4H3,(H,26,31). The molecule has 174 valence electrons. The van der Waals surface area contributed by atoms with Gasteiger partial charge in [-0.3, -0.25) is 14.3 Å². The summed E-state index contributed by atoms with van der Waals surface area (Å²) in [5.41, 5.74) is 1.41. The number of hydrogen-bond donors (Lipinski definition) is 1. The second-order valence-corrected chi connectivity index (χ2v) is 8.54. The van der Waals surface area contributed by atoms with Crippen LogP contribution in [0.2, 0.25) is 0 Å². The van der Waals surface area contributed by atoms with Gasteiger partial charge < -0.3 is 14.8 Å². The van der Waals surface area contributed by atoms with E-state index in [1.807, 2.05) is 48.5 Å². The molecule has 0 radical (unpaired) electrons. The molecule has 0 spiro atoms. The molecule has 1 amide bonds. The van der Waals surface area contributed by atoms with Gasteiger partial charge in [-0.15, -0.1) is 0 Å². The van der Waals surface area contributed by atoms with Gasteiger partial charge in [-0.25, -0.2) is 9.48 Å². The Morgan fingerprint density at radius 3 is 2.24 bits per heavy atom. The van der Waals surface area contributed by atoms with Gasteiger partial charge >= 0.3 is 6.09 Å². The number of hydrogen-bond acceptors (Lipinski definition) is 5. The molecule has 0 aliphatic rings. The molecule has 1 heterocycles. The fourth-order valence-electron chi connectivity index (χ4n) is 3.68. The summed E-state index contributed by atoms with van der Waals surface area (Å²) in [7, 11) is 1.77. The number of para-hydroxylation sites is 1. The quantitative estimate of drug-likeness (QED) is 0.529. The molecule has 0 saturated heterocycles. The van der Waals surface area contributed by atoms with Crippen molar-refractivity contribution in [1.82, 2.24) is 14.7 Å². The van der Waals surface area contributed by atoms with E-state index in [0.717, 1.165) is 0 Å². The van der Waals surface area contributed by atoms with Gasteiger partial charge in [-0.1, -0.05) is 48.5 Å². The molecule has 8 nitrogen and oxygen atoms in total. The molecule has 0 saturated carbocycles. The molecular formula is C25H29N3O5. The van der Waals surface area contributed by atoms with Crippen LogP contribution >= 0.6 is 0 Å². The molecule has 1 N–H and O–H groups in total. The smallest absolute Gasteiger partial charge is 0.407 e. The lowest BCUT2D eigenvalue weighted by atomic mass is 10.0. The minimum Gasteiger partial charge on any atom is -0.454 e. The Hall–Kier alpha value is -3.81. The first-order valence-corrected chi connectivity index (χ1v) is 10.7. The Bertz CT molecular complexity index is 1140. The Labute approximate surface area is 192 Å². The molecule has 2 aromatic carbocycles. The molecule has 1 aromatic heterocycles. The lowest BCUT2D eigenvalue weighted by Crippen LogP contribution is -2.34. The lowest BCUT2D eigenvalue weighted by Gasteiger charge is -2.20. The van der Waals surface area contributed by atoms with Crippen LogP contribution in [0.15, 0.2) is 65.5 Å². The summed E-state index contributed by atoms with van der Waals surface area (Å²) in [6.07, 6.45) is -1.10. The Morgan fingerprint density at radius 2 is 1.67 bits per heavy atom. The van der Waals surface area contributed by atoms with Crippen LogP contribution in [0.1, 0.15) is 43.7 Å². The van der Waals surface area contributed by atoms with Crippen LogP contribution in [0.25, 0.3) is 5.69 Å². The van der Waals surface area contributed by atoms with Gasteiger partial charge in [-0.2, -0.15) is 0 Å². The molecular weight excluding hydrogens is 422 g/mol. The van der Waals surface area contributed by atoms with Crippen molar-refractivity contribution in [3.8, 4) is 5.69 Å². The maximum Gasteiger partial charge on any atom is 0.407 e. The summed E-state index contributed by atoms with van der Waals surface area (Å²) in [4.78, 5) is 37.1. The zero-order valence-electron chi connectivity index (χ0n) is 19.3. The van der Waals surface area contributed by atoms with E-state index >= 15 is 0 Å².